The molecule has 1 aliphatic heterocycles. The summed E-state index contributed by atoms with van der Waals surface area (Å²) in [6.07, 6.45) is 3.44. The fourth-order valence-corrected chi connectivity index (χ4v) is 4.82. The number of nitrogens with one attached hydrogen (secondary N) is 1. The summed E-state index contributed by atoms with van der Waals surface area (Å²) in [6.45, 7) is 3.66. The zero-order valence-electron chi connectivity index (χ0n) is 14.7. The van der Waals surface area contributed by atoms with Gasteiger partial charge in [-0.1, -0.05) is 11.3 Å². The number of carbonyl (C=O) groups excluding carboxylic acids is 1. The quantitative estimate of drug-likeness (QED) is 0.734. The zero-order valence-corrected chi connectivity index (χ0v) is 16.3. The summed E-state index contributed by atoms with van der Waals surface area (Å²) in [5, 5.41) is 4.65. The number of fused-ring (bicyclic) bond motifs is 1. The van der Waals surface area contributed by atoms with Gasteiger partial charge in [-0.2, -0.15) is 0 Å². The standard InChI is InChI=1S/C18H20N4O2S2/c1-11-10-19-17(25-11)21-16(23)12-5-7-22(8-6-12)18-20-14-4-3-13(24-2)9-15(14)26-18/h3-4,9-10,12H,5-8H2,1-2H3,(H,19,21,23). The van der Waals surface area contributed by atoms with Crippen molar-refractivity contribution >= 4 is 49.1 Å². The van der Waals surface area contributed by atoms with E-state index in [2.05, 4.69) is 15.2 Å². The number of anilines is 2. The SMILES string of the molecule is COc1ccc2nc(N3CCC(C(=O)Nc4ncc(C)s4)CC3)sc2c1. The van der Waals surface area contributed by atoms with Crippen LogP contribution in [0.15, 0.2) is 24.4 Å². The molecule has 0 saturated carbocycles. The Kier molecular flexibility index (Phi) is 4.78. The van der Waals surface area contributed by atoms with Gasteiger partial charge in [0.2, 0.25) is 5.91 Å². The first-order valence-electron chi connectivity index (χ1n) is 8.55. The number of aromatic nitrogens is 2. The minimum Gasteiger partial charge on any atom is -0.497 e. The lowest BCUT2D eigenvalue weighted by Crippen LogP contribution is -2.38. The molecule has 0 spiro atoms. The number of nitrogens with zero attached hydrogens (tertiary/aromatic N) is 3. The van der Waals surface area contributed by atoms with Gasteiger partial charge >= 0.3 is 0 Å². The van der Waals surface area contributed by atoms with Crippen LogP contribution in [0.1, 0.15) is 17.7 Å². The van der Waals surface area contributed by atoms with Crippen LogP contribution in [0.3, 0.4) is 0 Å². The number of ether oxygens (including phenoxy) is 1. The number of carbonyl (C=O) groups is 1. The van der Waals surface area contributed by atoms with E-state index in [1.54, 1.807) is 24.6 Å². The van der Waals surface area contributed by atoms with Gasteiger partial charge in [0.05, 0.1) is 17.3 Å². The third-order valence-corrected chi connectivity index (χ3v) is 6.48. The van der Waals surface area contributed by atoms with E-state index in [0.717, 1.165) is 51.9 Å². The highest BCUT2D eigenvalue weighted by Gasteiger charge is 2.27. The van der Waals surface area contributed by atoms with E-state index in [-0.39, 0.29) is 11.8 Å². The van der Waals surface area contributed by atoms with Crippen molar-refractivity contribution in [1.29, 1.82) is 0 Å². The molecule has 0 bridgehead atoms. The number of thiazole rings is 2. The molecule has 6 nitrogen and oxygen atoms in total. The molecule has 3 aromatic rings. The van der Waals surface area contributed by atoms with Crippen molar-refractivity contribution in [3.8, 4) is 5.75 Å². The fourth-order valence-electron chi connectivity index (χ4n) is 3.11. The number of rotatable bonds is 4. The van der Waals surface area contributed by atoms with Crippen LogP contribution in [-0.4, -0.2) is 36.1 Å². The van der Waals surface area contributed by atoms with Crippen LogP contribution in [0.25, 0.3) is 10.2 Å². The predicted molar refractivity (Wildman–Crippen MR) is 107 cm³/mol. The largest absolute Gasteiger partial charge is 0.497 e. The molecule has 2 aromatic heterocycles. The van der Waals surface area contributed by atoms with E-state index in [4.69, 9.17) is 9.72 Å². The van der Waals surface area contributed by atoms with Crippen LogP contribution in [-0.2, 0) is 4.79 Å². The van der Waals surface area contributed by atoms with Gasteiger partial charge in [0, 0.05) is 30.1 Å². The van der Waals surface area contributed by atoms with Crippen molar-refractivity contribution in [2.24, 2.45) is 5.92 Å². The third kappa shape index (κ3) is 3.52. The summed E-state index contributed by atoms with van der Waals surface area (Å²) in [5.41, 5.74) is 0.991. The smallest absolute Gasteiger partial charge is 0.229 e. The van der Waals surface area contributed by atoms with Crippen LogP contribution in [0.4, 0.5) is 10.3 Å². The first kappa shape index (κ1) is 17.2. The van der Waals surface area contributed by atoms with Gasteiger partial charge in [-0.15, -0.1) is 11.3 Å². The van der Waals surface area contributed by atoms with E-state index in [1.807, 2.05) is 25.1 Å². The monoisotopic (exact) mass is 388 g/mol. The molecule has 1 aliphatic rings. The second kappa shape index (κ2) is 7.20. The molecule has 1 fully saturated rings. The molecule has 0 unspecified atom stereocenters. The first-order valence-corrected chi connectivity index (χ1v) is 10.2. The molecular formula is C18H20N4O2S2. The van der Waals surface area contributed by atoms with E-state index in [9.17, 15) is 4.79 Å². The maximum absolute atomic E-state index is 12.4. The van der Waals surface area contributed by atoms with Crippen molar-refractivity contribution in [1.82, 2.24) is 9.97 Å². The van der Waals surface area contributed by atoms with Gasteiger partial charge in [-0.25, -0.2) is 9.97 Å². The summed E-state index contributed by atoms with van der Waals surface area (Å²) in [7, 11) is 1.67. The second-order valence-electron chi connectivity index (χ2n) is 6.36. The molecule has 0 atom stereocenters. The highest BCUT2D eigenvalue weighted by molar-refractivity contribution is 7.22. The number of methoxy groups -OCH3 is 1. The molecule has 0 radical (unpaired) electrons. The highest BCUT2D eigenvalue weighted by Crippen LogP contribution is 2.33. The van der Waals surface area contributed by atoms with Crippen LogP contribution in [0, 0.1) is 12.8 Å². The van der Waals surface area contributed by atoms with E-state index in [0.29, 0.717) is 5.13 Å². The lowest BCUT2D eigenvalue weighted by atomic mass is 9.96. The molecule has 8 heteroatoms. The first-order chi connectivity index (χ1) is 12.6. The Hall–Kier alpha value is -2.19. The van der Waals surface area contributed by atoms with Crippen molar-refractivity contribution < 1.29 is 9.53 Å². The van der Waals surface area contributed by atoms with Crippen molar-refractivity contribution in [3.63, 3.8) is 0 Å². The molecule has 26 heavy (non-hydrogen) atoms. The highest BCUT2D eigenvalue weighted by atomic mass is 32.1. The van der Waals surface area contributed by atoms with Crippen LogP contribution < -0.4 is 15.0 Å². The average Bonchev–Trinajstić information content (AvgIpc) is 3.27. The number of amides is 1. The predicted octanol–water partition coefficient (Wildman–Crippen LogP) is 3.92. The Morgan fingerprint density at radius 1 is 1.31 bits per heavy atom. The summed E-state index contributed by atoms with van der Waals surface area (Å²) >= 11 is 3.19. The molecule has 3 heterocycles. The number of hydrogen-bond donors (Lipinski definition) is 1. The van der Waals surface area contributed by atoms with Crippen molar-refractivity contribution in [2.75, 3.05) is 30.4 Å². The van der Waals surface area contributed by atoms with Gasteiger partial charge < -0.3 is 15.0 Å². The zero-order chi connectivity index (χ0) is 18.1. The van der Waals surface area contributed by atoms with Gasteiger partial charge in [0.15, 0.2) is 10.3 Å². The average molecular weight is 389 g/mol. The van der Waals surface area contributed by atoms with Gasteiger partial charge in [-0.3, -0.25) is 4.79 Å². The molecule has 136 valence electrons. The third-order valence-electron chi connectivity index (χ3n) is 4.57. The molecular weight excluding hydrogens is 368 g/mol. The van der Waals surface area contributed by atoms with Crippen LogP contribution >= 0.6 is 22.7 Å². The molecule has 1 saturated heterocycles. The van der Waals surface area contributed by atoms with Gasteiger partial charge in [-0.05, 0) is 38.0 Å². The lowest BCUT2D eigenvalue weighted by Gasteiger charge is -2.30. The van der Waals surface area contributed by atoms with E-state index in [1.165, 1.54) is 11.3 Å². The van der Waals surface area contributed by atoms with Crippen molar-refractivity contribution in [3.05, 3.63) is 29.3 Å². The minimum atomic E-state index is 0.0323. The van der Waals surface area contributed by atoms with Gasteiger partial charge in [0.25, 0.3) is 0 Å². The maximum Gasteiger partial charge on any atom is 0.229 e. The normalized spacial score (nSPS) is 15.4. The summed E-state index contributed by atoms with van der Waals surface area (Å²) in [6, 6.07) is 5.94. The van der Waals surface area contributed by atoms with Crippen LogP contribution in [0.5, 0.6) is 5.75 Å². The van der Waals surface area contributed by atoms with E-state index >= 15 is 0 Å². The fraction of sp³-hybridized carbons (Fsp3) is 0.389. The summed E-state index contributed by atoms with van der Waals surface area (Å²) in [5.74, 6) is 0.957. The summed E-state index contributed by atoms with van der Waals surface area (Å²) < 4.78 is 6.41. The Labute approximate surface area is 159 Å². The Morgan fingerprint density at radius 2 is 2.12 bits per heavy atom. The van der Waals surface area contributed by atoms with E-state index < -0.39 is 0 Å². The number of benzene rings is 1. The number of piperidine rings is 1. The Morgan fingerprint density at radius 3 is 2.81 bits per heavy atom. The van der Waals surface area contributed by atoms with Gasteiger partial charge in [0.1, 0.15) is 5.75 Å². The topological polar surface area (TPSA) is 67.3 Å². The molecule has 4 rings (SSSR count). The number of hydrogen-bond acceptors (Lipinski definition) is 7. The maximum atomic E-state index is 12.4. The molecule has 1 N–H and O–H groups in total. The van der Waals surface area contributed by atoms with Crippen molar-refractivity contribution in [2.45, 2.75) is 19.8 Å². The summed E-state index contributed by atoms with van der Waals surface area (Å²) in [4.78, 5) is 24.8. The van der Waals surface area contributed by atoms with Crippen LogP contribution in [0.2, 0.25) is 0 Å². The molecule has 0 aliphatic carbocycles. The minimum absolute atomic E-state index is 0.0323. The number of aryl methyl sites for hydroxylation is 1. The second-order valence-corrected chi connectivity index (χ2v) is 8.60. The lowest BCUT2D eigenvalue weighted by molar-refractivity contribution is -0.120. The molecule has 1 amide bonds. The Balaban J connectivity index is 1.39. The molecule has 1 aromatic carbocycles. The Bertz CT molecular complexity index is 928.